The zero-order valence-electron chi connectivity index (χ0n) is 11.1. The van der Waals surface area contributed by atoms with E-state index >= 15 is 0 Å². The van der Waals surface area contributed by atoms with Crippen LogP contribution in [-0.4, -0.2) is 0 Å². The number of para-hydroxylation sites is 1. The van der Waals surface area contributed by atoms with Crippen molar-refractivity contribution in [2.24, 2.45) is 0 Å². The van der Waals surface area contributed by atoms with E-state index in [0.717, 1.165) is 17.1 Å². The van der Waals surface area contributed by atoms with Crippen LogP contribution in [0.25, 0.3) is 0 Å². The molecule has 1 nitrogen and oxygen atoms in total. The van der Waals surface area contributed by atoms with E-state index in [9.17, 15) is 0 Å². The predicted molar refractivity (Wildman–Crippen MR) is 83.7 cm³/mol. The molecule has 0 fully saturated rings. The molecule has 0 spiro atoms. The normalized spacial score (nSPS) is 13.6. The summed E-state index contributed by atoms with van der Waals surface area (Å²) in [5, 5.41) is 4.33. The lowest BCUT2D eigenvalue weighted by molar-refractivity contribution is 0.553. The van der Waals surface area contributed by atoms with Crippen LogP contribution in [0.4, 0.5) is 5.69 Å². The summed E-state index contributed by atoms with van der Waals surface area (Å²) >= 11 is 5.96. The fourth-order valence-electron chi connectivity index (χ4n) is 2.19. The maximum Gasteiger partial charge on any atom is 0.0631 e. The maximum absolute atomic E-state index is 5.96. The fraction of sp³-hybridized carbons (Fsp3) is 0.176. The van der Waals surface area contributed by atoms with Crippen LogP contribution in [0.5, 0.6) is 0 Å². The topological polar surface area (TPSA) is 12.0 Å². The summed E-state index contributed by atoms with van der Waals surface area (Å²) in [5.41, 5.74) is 2.11. The first-order valence-electron chi connectivity index (χ1n) is 6.34. The van der Waals surface area contributed by atoms with Crippen molar-refractivity contribution in [3.63, 3.8) is 0 Å². The molecule has 19 heavy (non-hydrogen) atoms. The molecule has 0 heterocycles. The van der Waals surface area contributed by atoms with Gasteiger partial charge in [-0.25, -0.2) is 0 Å². The standard InChI is InChI=1S/C17H18ClN/c1-3-13-17(2,14-9-11-15(18)12-10-14)19-16-7-5-4-6-8-16/h3-12,19H,1,13H2,2H3. The van der Waals surface area contributed by atoms with Crippen molar-refractivity contribution in [1.82, 2.24) is 0 Å². The van der Waals surface area contributed by atoms with Gasteiger partial charge in [-0.2, -0.15) is 0 Å². The minimum atomic E-state index is -0.187. The molecular weight excluding hydrogens is 254 g/mol. The van der Waals surface area contributed by atoms with Crippen molar-refractivity contribution < 1.29 is 0 Å². The smallest absolute Gasteiger partial charge is 0.0631 e. The van der Waals surface area contributed by atoms with Crippen LogP contribution in [0.3, 0.4) is 0 Å². The molecule has 0 bridgehead atoms. The molecule has 0 aliphatic carbocycles. The zero-order valence-corrected chi connectivity index (χ0v) is 11.8. The number of halogens is 1. The molecule has 2 rings (SSSR count). The first-order chi connectivity index (χ1) is 9.14. The van der Waals surface area contributed by atoms with E-state index in [1.807, 2.05) is 36.4 Å². The van der Waals surface area contributed by atoms with Crippen molar-refractivity contribution in [3.05, 3.63) is 77.8 Å². The van der Waals surface area contributed by atoms with Gasteiger partial charge in [-0.1, -0.05) is 48.0 Å². The summed E-state index contributed by atoms with van der Waals surface area (Å²) < 4.78 is 0. The van der Waals surface area contributed by atoms with Gasteiger partial charge < -0.3 is 5.32 Å². The highest BCUT2D eigenvalue weighted by Crippen LogP contribution is 2.30. The first kappa shape index (κ1) is 13.7. The first-order valence-corrected chi connectivity index (χ1v) is 6.72. The van der Waals surface area contributed by atoms with Crippen molar-refractivity contribution in [3.8, 4) is 0 Å². The van der Waals surface area contributed by atoms with Crippen LogP contribution in [0, 0.1) is 0 Å². The van der Waals surface area contributed by atoms with E-state index in [1.165, 1.54) is 5.56 Å². The second-order valence-corrected chi connectivity index (χ2v) is 5.26. The molecule has 1 atom stereocenters. The van der Waals surface area contributed by atoms with E-state index in [0.29, 0.717) is 0 Å². The van der Waals surface area contributed by atoms with E-state index in [1.54, 1.807) is 0 Å². The quantitative estimate of drug-likeness (QED) is 0.733. The summed E-state index contributed by atoms with van der Waals surface area (Å²) in [4.78, 5) is 0. The minimum Gasteiger partial charge on any atom is -0.375 e. The summed E-state index contributed by atoms with van der Waals surface area (Å²) in [6.45, 7) is 6.04. The molecule has 2 aromatic rings. The summed E-state index contributed by atoms with van der Waals surface area (Å²) in [7, 11) is 0. The molecule has 0 radical (unpaired) electrons. The Morgan fingerprint density at radius 3 is 2.32 bits per heavy atom. The fourth-order valence-corrected chi connectivity index (χ4v) is 2.31. The molecule has 0 aliphatic rings. The number of nitrogens with one attached hydrogen (secondary N) is 1. The van der Waals surface area contributed by atoms with Crippen molar-refractivity contribution >= 4 is 17.3 Å². The molecule has 2 aromatic carbocycles. The van der Waals surface area contributed by atoms with Gasteiger partial charge in [-0.15, -0.1) is 6.58 Å². The Balaban J connectivity index is 2.31. The van der Waals surface area contributed by atoms with E-state index in [-0.39, 0.29) is 5.54 Å². The average Bonchev–Trinajstić information content (AvgIpc) is 2.40. The molecule has 0 saturated carbocycles. The lowest BCUT2D eigenvalue weighted by Crippen LogP contribution is -2.31. The monoisotopic (exact) mass is 271 g/mol. The van der Waals surface area contributed by atoms with E-state index in [4.69, 9.17) is 11.6 Å². The lowest BCUT2D eigenvalue weighted by Gasteiger charge is -2.32. The number of rotatable bonds is 5. The Labute approximate surface area is 119 Å². The number of hydrogen-bond donors (Lipinski definition) is 1. The molecule has 0 aliphatic heterocycles. The SMILES string of the molecule is C=CCC(C)(Nc1ccccc1)c1ccc(Cl)cc1. The van der Waals surface area contributed by atoms with Gasteiger partial charge in [0.2, 0.25) is 0 Å². The summed E-state index contributed by atoms with van der Waals surface area (Å²) in [6, 6.07) is 18.2. The third-order valence-corrected chi connectivity index (χ3v) is 3.48. The number of benzene rings is 2. The lowest BCUT2D eigenvalue weighted by atomic mass is 9.88. The molecule has 98 valence electrons. The van der Waals surface area contributed by atoms with E-state index < -0.39 is 0 Å². The van der Waals surface area contributed by atoms with Gasteiger partial charge in [0.1, 0.15) is 0 Å². The Kier molecular flexibility index (Phi) is 4.28. The molecule has 2 heteroatoms. The summed E-state index contributed by atoms with van der Waals surface area (Å²) in [6.07, 6.45) is 2.77. The van der Waals surface area contributed by atoms with Gasteiger partial charge in [0.05, 0.1) is 5.54 Å². The van der Waals surface area contributed by atoms with Crippen LogP contribution in [0.2, 0.25) is 5.02 Å². The van der Waals surface area contributed by atoms with Crippen LogP contribution in [-0.2, 0) is 5.54 Å². The largest absolute Gasteiger partial charge is 0.375 e. The highest BCUT2D eigenvalue weighted by atomic mass is 35.5. The third kappa shape index (κ3) is 3.39. The van der Waals surface area contributed by atoms with Gasteiger partial charge in [0, 0.05) is 10.7 Å². The van der Waals surface area contributed by atoms with Crippen LogP contribution in [0.15, 0.2) is 67.3 Å². The predicted octanol–water partition coefficient (Wildman–Crippen LogP) is 5.24. The molecular formula is C17H18ClN. The number of hydrogen-bond acceptors (Lipinski definition) is 1. The molecule has 0 aromatic heterocycles. The van der Waals surface area contributed by atoms with Crippen molar-refractivity contribution in [1.29, 1.82) is 0 Å². The second kappa shape index (κ2) is 5.94. The Morgan fingerprint density at radius 1 is 1.11 bits per heavy atom. The Morgan fingerprint density at radius 2 is 1.74 bits per heavy atom. The van der Waals surface area contributed by atoms with Crippen molar-refractivity contribution in [2.45, 2.75) is 18.9 Å². The van der Waals surface area contributed by atoms with Gasteiger partial charge in [0.15, 0.2) is 0 Å². The highest BCUT2D eigenvalue weighted by Gasteiger charge is 2.24. The Hall–Kier alpha value is -1.73. The van der Waals surface area contributed by atoms with Gasteiger partial charge >= 0.3 is 0 Å². The second-order valence-electron chi connectivity index (χ2n) is 4.82. The average molecular weight is 272 g/mol. The van der Waals surface area contributed by atoms with Gasteiger partial charge in [-0.3, -0.25) is 0 Å². The minimum absolute atomic E-state index is 0.187. The van der Waals surface area contributed by atoms with Crippen LogP contribution >= 0.6 is 11.6 Å². The van der Waals surface area contributed by atoms with Crippen molar-refractivity contribution in [2.75, 3.05) is 5.32 Å². The highest BCUT2D eigenvalue weighted by molar-refractivity contribution is 6.30. The Bertz CT molecular complexity index is 533. The third-order valence-electron chi connectivity index (χ3n) is 3.23. The van der Waals surface area contributed by atoms with Gasteiger partial charge in [0.25, 0.3) is 0 Å². The molecule has 1 unspecified atom stereocenters. The zero-order chi connectivity index (χ0) is 13.7. The van der Waals surface area contributed by atoms with Gasteiger partial charge in [-0.05, 0) is 43.2 Å². The summed E-state index contributed by atoms with van der Waals surface area (Å²) in [5.74, 6) is 0. The van der Waals surface area contributed by atoms with E-state index in [2.05, 4.69) is 43.1 Å². The number of anilines is 1. The maximum atomic E-state index is 5.96. The van der Waals surface area contributed by atoms with Crippen LogP contribution in [0.1, 0.15) is 18.9 Å². The molecule has 1 N–H and O–H groups in total. The molecule has 0 saturated heterocycles. The van der Waals surface area contributed by atoms with Crippen LogP contribution < -0.4 is 5.32 Å². The molecule has 0 amide bonds.